The van der Waals surface area contributed by atoms with Crippen LogP contribution >= 0.6 is 0 Å². The Labute approximate surface area is 42.5 Å². The minimum absolute atomic E-state index is 0.0451. The van der Waals surface area contributed by atoms with Crippen LogP contribution in [-0.2, 0) is 9.59 Å². The molecule has 2 heteroatoms. The first kappa shape index (κ1) is 6.34. The second-order valence-electron chi connectivity index (χ2n) is 1.21. The van der Waals surface area contributed by atoms with Crippen molar-refractivity contribution in [1.29, 1.82) is 0 Å². The van der Waals surface area contributed by atoms with Crippen LogP contribution in [0.3, 0.4) is 0 Å². The Balaban J connectivity index is 3.17. The van der Waals surface area contributed by atoms with Gasteiger partial charge >= 0.3 is 0 Å². The van der Waals surface area contributed by atoms with Crippen molar-refractivity contribution in [2.45, 2.75) is 19.8 Å². The zero-order chi connectivity index (χ0) is 5.70. The highest BCUT2D eigenvalue weighted by molar-refractivity contribution is 5.89. The Morgan fingerprint density at radius 3 is 2.43 bits per heavy atom. The molecule has 0 aromatic carbocycles. The SMILES string of the molecule is CCC(=O)C[C]=O. The Morgan fingerprint density at radius 1 is 1.71 bits per heavy atom. The molecule has 7 heavy (non-hydrogen) atoms. The summed E-state index contributed by atoms with van der Waals surface area (Å²) in [6, 6.07) is 0. The average molecular weight is 99.1 g/mol. The Morgan fingerprint density at radius 2 is 2.29 bits per heavy atom. The van der Waals surface area contributed by atoms with Gasteiger partial charge in [0.15, 0.2) is 0 Å². The maximum atomic E-state index is 10.1. The van der Waals surface area contributed by atoms with E-state index in [2.05, 4.69) is 0 Å². The fourth-order valence-electron chi connectivity index (χ4n) is 0.205. The van der Waals surface area contributed by atoms with Crippen molar-refractivity contribution in [1.82, 2.24) is 0 Å². The van der Waals surface area contributed by atoms with Gasteiger partial charge in [-0.2, -0.15) is 0 Å². The van der Waals surface area contributed by atoms with Crippen LogP contribution in [0.5, 0.6) is 0 Å². The van der Waals surface area contributed by atoms with Crippen molar-refractivity contribution < 1.29 is 9.59 Å². The van der Waals surface area contributed by atoms with Crippen molar-refractivity contribution in [2.75, 3.05) is 0 Å². The molecule has 0 aromatic rings. The molecule has 2 nitrogen and oxygen atoms in total. The number of carbonyl (C=O) groups excluding carboxylic acids is 2. The molecule has 0 amide bonds. The number of Topliss-reactive ketones (excluding diaryl/α,β-unsaturated/α-hetero) is 1. The first-order valence-corrected chi connectivity index (χ1v) is 2.18. The number of ketones is 1. The van der Waals surface area contributed by atoms with Gasteiger partial charge < -0.3 is 0 Å². The van der Waals surface area contributed by atoms with Gasteiger partial charge in [-0.25, -0.2) is 0 Å². The van der Waals surface area contributed by atoms with E-state index in [4.69, 9.17) is 0 Å². The molecule has 0 aliphatic carbocycles. The van der Waals surface area contributed by atoms with Crippen molar-refractivity contribution in [3.05, 3.63) is 0 Å². The summed E-state index contributed by atoms with van der Waals surface area (Å²) in [5.74, 6) is -0.0463. The van der Waals surface area contributed by atoms with Crippen LogP contribution in [0.4, 0.5) is 0 Å². The highest BCUT2D eigenvalue weighted by Gasteiger charge is 1.92. The molecular formula is C5H7O2. The highest BCUT2D eigenvalue weighted by Crippen LogP contribution is 1.81. The first-order chi connectivity index (χ1) is 3.31. The largest absolute Gasteiger partial charge is 0.299 e. The fourth-order valence-corrected chi connectivity index (χ4v) is 0.205. The lowest BCUT2D eigenvalue weighted by Gasteiger charge is -1.80. The lowest BCUT2D eigenvalue weighted by molar-refractivity contribution is -0.117. The predicted molar refractivity (Wildman–Crippen MR) is 25.6 cm³/mol. The Hall–Kier alpha value is -0.660. The van der Waals surface area contributed by atoms with Crippen LogP contribution in [-0.4, -0.2) is 12.1 Å². The van der Waals surface area contributed by atoms with E-state index < -0.39 is 0 Å². The summed E-state index contributed by atoms with van der Waals surface area (Å²) in [6.07, 6.45) is 1.91. The normalized spacial score (nSPS) is 8.14. The Bertz CT molecular complexity index is 76.1. The van der Waals surface area contributed by atoms with Crippen molar-refractivity contribution in [3.63, 3.8) is 0 Å². The molecule has 0 saturated heterocycles. The van der Waals surface area contributed by atoms with E-state index in [-0.39, 0.29) is 12.2 Å². The van der Waals surface area contributed by atoms with Gasteiger partial charge in [0.2, 0.25) is 6.29 Å². The Kier molecular flexibility index (Phi) is 3.19. The summed E-state index contributed by atoms with van der Waals surface area (Å²) in [6.45, 7) is 1.72. The number of hydrogen-bond acceptors (Lipinski definition) is 2. The molecule has 0 aliphatic heterocycles. The lowest BCUT2D eigenvalue weighted by atomic mass is 10.2. The molecule has 0 N–H and O–H groups in total. The number of hydrogen-bond donors (Lipinski definition) is 0. The van der Waals surface area contributed by atoms with E-state index in [1.165, 1.54) is 6.29 Å². The second kappa shape index (κ2) is 3.53. The van der Waals surface area contributed by atoms with Gasteiger partial charge in [0.25, 0.3) is 0 Å². The van der Waals surface area contributed by atoms with Gasteiger partial charge in [-0.1, -0.05) is 6.92 Å². The minimum atomic E-state index is -0.0463. The predicted octanol–water partition coefficient (Wildman–Crippen LogP) is 0.465. The molecule has 0 heterocycles. The van der Waals surface area contributed by atoms with E-state index in [0.717, 1.165) is 0 Å². The van der Waals surface area contributed by atoms with Gasteiger partial charge in [0, 0.05) is 6.42 Å². The molecule has 0 aliphatic rings. The van der Waals surface area contributed by atoms with Crippen LogP contribution in [0.1, 0.15) is 19.8 Å². The minimum Gasteiger partial charge on any atom is -0.299 e. The second-order valence-corrected chi connectivity index (χ2v) is 1.21. The fraction of sp³-hybridized carbons (Fsp3) is 0.600. The molecular weight excluding hydrogens is 92.1 g/mol. The summed E-state index contributed by atoms with van der Waals surface area (Å²) in [5.41, 5.74) is 0. The van der Waals surface area contributed by atoms with E-state index in [1.807, 2.05) is 0 Å². The third kappa shape index (κ3) is 3.16. The van der Waals surface area contributed by atoms with Crippen LogP contribution in [0, 0.1) is 0 Å². The van der Waals surface area contributed by atoms with Gasteiger partial charge in [0.1, 0.15) is 5.78 Å². The maximum absolute atomic E-state index is 10.1. The van der Waals surface area contributed by atoms with Crippen LogP contribution < -0.4 is 0 Å². The molecule has 0 saturated carbocycles. The summed E-state index contributed by atoms with van der Waals surface area (Å²) in [4.78, 5) is 19.6. The van der Waals surface area contributed by atoms with Gasteiger partial charge in [-0.3, -0.25) is 9.59 Å². The quantitative estimate of drug-likeness (QED) is 0.482. The standard InChI is InChI=1S/C5H7O2/c1-2-5(7)3-4-6/h2-3H2,1H3. The third-order valence-corrected chi connectivity index (χ3v) is 0.664. The van der Waals surface area contributed by atoms with Crippen molar-refractivity contribution >= 4 is 12.1 Å². The summed E-state index contributed by atoms with van der Waals surface area (Å²) in [7, 11) is 0. The van der Waals surface area contributed by atoms with Gasteiger partial charge in [-0.15, -0.1) is 0 Å². The number of carbonyl (C=O) groups is 1. The van der Waals surface area contributed by atoms with Crippen LogP contribution in [0.15, 0.2) is 0 Å². The van der Waals surface area contributed by atoms with Crippen LogP contribution in [0.25, 0.3) is 0 Å². The van der Waals surface area contributed by atoms with E-state index >= 15 is 0 Å². The summed E-state index contributed by atoms with van der Waals surface area (Å²) in [5, 5.41) is 0. The average Bonchev–Trinajstić information content (AvgIpc) is 1.68. The first-order valence-electron chi connectivity index (χ1n) is 2.18. The van der Waals surface area contributed by atoms with Crippen molar-refractivity contribution in [2.24, 2.45) is 0 Å². The van der Waals surface area contributed by atoms with Crippen LogP contribution in [0.2, 0.25) is 0 Å². The molecule has 1 radical (unpaired) electrons. The lowest BCUT2D eigenvalue weighted by Crippen LogP contribution is -1.93. The highest BCUT2D eigenvalue weighted by atomic mass is 16.1. The third-order valence-electron chi connectivity index (χ3n) is 0.664. The molecule has 0 spiro atoms. The zero-order valence-corrected chi connectivity index (χ0v) is 4.23. The molecule has 0 rings (SSSR count). The van der Waals surface area contributed by atoms with Crippen molar-refractivity contribution in [3.8, 4) is 0 Å². The monoisotopic (exact) mass is 99.0 g/mol. The zero-order valence-electron chi connectivity index (χ0n) is 4.23. The molecule has 0 unspecified atom stereocenters. The molecule has 39 valence electrons. The number of rotatable bonds is 3. The van der Waals surface area contributed by atoms with E-state index in [9.17, 15) is 9.59 Å². The maximum Gasteiger partial charge on any atom is 0.206 e. The van der Waals surface area contributed by atoms with E-state index in [1.54, 1.807) is 6.92 Å². The topological polar surface area (TPSA) is 34.1 Å². The smallest absolute Gasteiger partial charge is 0.206 e. The molecule has 0 aromatic heterocycles. The van der Waals surface area contributed by atoms with Gasteiger partial charge in [0.05, 0.1) is 6.42 Å². The molecule has 0 atom stereocenters. The van der Waals surface area contributed by atoms with Gasteiger partial charge in [-0.05, 0) is 0 Å². The molecule has 0 bridgehead atoms. The summed E-state index contributed by atoms with van der Waals surface area (Å²) < 4.78 is 0. The molecule has 0 fully saturated rings. The van der Waals surface area contributed by atoms with E-state index in [0.29, 0.717) is 6.42 Å². The summed E-state index contributed by atoms with van der Waals surface area (Å²) >= 11 is 0.